The lowest BCUT2D eigenvalue weighted by Gasteiger charge is -2.16. The molecule has 3 heterocycles. The predicted molar refractivity (Wildman–Crippen MR) is 114 cm³/mol. The fourth-order valence-corrected chi connectivity index (χ4v) is 3.16. The first-order valence-corrected chi connectivity index (χ1v) is 9.09. The van der Waals surface area contributed by atoms with Crippen LogP contribution >= 0.6 is 12.4 Å². The average molecular weight is 412 g/mol. The molecule has 0 unspecified atom stereocenters. The average Bonchev–Trinajstić information content (AvgIpc) is 3.16. The van der Waals surface area contributed by atoms with Crippen molar-refractivity contribution < 1.29 is 9.84 Å². The number of para-hydroxylation sites is 1. The van der Waals surface area contributed by atoms with Crippen LogP contribution in [0.5, 0.6) is 5.88 Å². The molecular weight excluding hydrogens is 390 g/mol. The van der Waals surface area contributed by atoms with Gasteiger partial charge in [-0.15, -0.1) is 12.4 Å². The number of halogens is 1. The van der Waals surface area contributed by atoms with Gasteiger partial charge in [0.25, 0.3) is 0 Å². The summed E-state index contributed by atoms with van der Waals surface area (Å²) >= 11 is 0. The van der Waals surface area contributed by atoms with Crippen LogP contribution in [-0.2, 0) is 6.42 Å². The van der Waals surface area contributed by atoms with Crippen LogP contribution in [0.4, 0.5) is 0 Å². The molecule has 0 aliphatic heterocycles. The zero-order valence-corrected chi connectivity index (χ0v) is 16.5. The normalized spacial score (nSPS) is 11.8. The molecule has 0 amide bonds. The summed E-state index contributed by atoms with van der Waals surface area (Å²) in [6.07, 6.45) is 4.07. The number of ether oxygens (including phenoxy) is 1. The van der Waals surface area contributed by atoms with E-state index in [1.807, 2.05) is 59.4 Å². The van der Waals surface area contributed by atoms with E-state index in [2.05, 4.69) is 15.1 Å². The van der Waals surface area contributed by atoms with Crippen molar-refractivity contribution in [3.63, 3.8) is 0 Å². The van der Waals surface area contributed by atoms with E-state index in [4.69, 9.17) is 15.6 Å². The summed E-state index contributed by atoms with van der Waals surface area (Å²) in [6.45, 7) is 0.153. The summed E-state index contributed by atoms with van der Waals surface area (Å²) in [5.41, 5.74) is 9.90. The minimum atomic E-state index is -0.361. The highest BCUT2D eigenvalue weighted by molar-refractivity contribution is 5.85. The number of aliphatic hydroxyl groups is 1. The Hall–Kier alpha value is -3.00. The van der Waals surface area contributed by atoms with Crippen molar-refractivity contribution in [2.45, 2.75) is 12.5 Å². The van der Waals surface area contributed by atoms with Gasteiger partial charge in [0.1, 0.15) is 6.61 Å². The SMILES string of the molecule is Cl.N[C@@H](Cc1cccc(OCCO)n1)c1ncccc1-n1ncc2ccccc21. The van der Waals surface area contributed by atoms with E-state index in [0.717, 1.165) is 28.0 Å². The van der Waals surface area contributed by atoms with E-state index in [1.165, 1.54) is 0 Å². The lowest BCUT2D eigenvalue weighted by molar-refractivity contribution is 0.196. The van der Waals surface area contributed by atoms with Gasteiger partial charge in [-0.3, -0.25) is 4.98 Å². The molecule has 0 saturated heterocycles. The van der Waals surface area contributed by atoms with Gasteiger partial charge in [-0.2, -0.15) is 5.10 Å². The van der Waals surface area contributed by atoms with Crippen molar-refractivity contribution in [3.05, 3.63) is 78.4 Å². The van der Waals surface area contributed by atoms with Gasteiger partial charge in [0, 0.05) is 29.8 Å². The molecule has 0 radical (unpaired) electrons. The summed E-state index contributed by atoms with van der Waals surface area (Å²) in [5.74, 6) is 0.470. The Morgan fingerprint density at radius 2 is 1.93 bits per heavy atom. The molecule has 29 heavy (non-hydrogen) atoms. The van der Waals surface area contributed by atoms with Gasteiger partial charge in [-0.1, -0.05) is 24.3 Å². The van der Waals surface area contributed by atoms with Crippen LogP contribution in [0.2, 0.25) is 0 Å². The van der Waals surface area contributed by atoms with Crippen LogP contribution in [0.25, 0.3) is 16.6 Å². The number of fused-ring (bicyclic) bond motifs is 1. The first kappa shape index (κ1) is 20.7. The Kier molecular flexibility index (Phi) is 6.77. The van der Waals surface area contributed by atoms with Gasteiger partial charge in [0.15, 0.2) is 0 Å². The zero-order chi connectivity index (χ0) is 19.3. The number of benzene rings is 1. The van der Waals surface area contributed by atoms with Crippen LogP contribution < -0.4 is 10.5 Å². The quantitative estimate of drug-likeness (QED) is 0.485. The molecule has 0 aliphatic rings. The second-order valence-corrected chi connectivity index (χ2v) is 6.37. The molecule has 3 aromatic heterocycles. The second kappa shape index (κ2) is 9.47. The van der Waals surface area contributed by atoms with Crippen molar-refractivity contribution in [3.8, 4) is 11.6 Å². The molecule has 0 fully saturated rings. The largest absolute Gasteiger partial charge is 0.475 e. The number of nitrogens with two attached hydrogens (primary N) is 1. The van der Waals surface area contributed by atoms with Gasteiger partial charge in [0.2, 0.25) is 5.88 Å². The summed E-state index contributed by atoms with van der Waals surface area (Å²) in [5, 5.41) is 14.5. The minimum absolute atomic E-state index is 0. The molecule has 0 saturated carbocycles. The van der Waals surface area contributed by atoms with E-state index in [9.17, 15) is 0 Å². The first-order chi connectivity index (χ1) is 13.8. The standard InChI is InChI=1S/C21H21N5O2.ClH/c22-17(13-16-6-3-9-20(25-16)28-12-11-27)21-19(8-4-10-23-21)26-18-7-2-1-5-15(18)14-24-26;/h1-10,14,17,27H,11-13,22H2;1H/t17-;/m0./s1. The van der Waals surface area contributed by atoms with E-state index >= 15 is 0 Å². The molecule has 0 spiro atoms. The Balaban J connectivity index is 0.00000240. The second-order valence-electron chi connectivity index (χ2n) is 6.37. The number of pyridine rings is 2. The number of aliphatic hydroxyl groups excluding tert-OH is 1. The monoisotopic (exact) mass is 411 g/mol. The van der Waals surface area contributed by atoms with E-state index < -0.39 is 0 Å². The molecule has 8 heteroatoms. The smallest absolute Gasteiger partial charge is 0.213 e. The molecular formula is C21H22ClN5O2. The topological polar surface area (TPSA) is 99.1 Å². The summed E-state index contributed by atoms with van der Waals surface area (Å²) in [7, 11) is 0. The molecule has 0 bridgehead atoms. The van der Waals surface area contributed by atoms with Crippen molar-refractivity contribution in [2.24, 2.45) is 5.73 Å². The molecule has 0 aliphatic carbocycles. The molecule has 1 aromatic carbocycles. The van der Waals surface area contributed by atoms with Gasteiger partial charge in [0.05, 0.1) is 35.7 Å². The predicted octanol–water partition coefficient (Wildman–Crippen LogP) is 2.85. The molecule has 7 nitrogen and oxygen atoms in total. The van der Waals surface area contributed by atoms with E-state index in [-0.39, 0.29) is 31.7 Å². The lowest BCUT2D eigenvalue weighted by atomic mass is 10.1. The number of nitrogens with zero attached hydrogens (tertiary/aromatic N) is 4. The van der Waals surface area contributed by atoms with Crippen LogP contribution in [0.15, 0.2) is 67.0 Å². The maximum atomic E-state index is 8.90. The third-order valence-corrected chi connectivity index (χ3v) is 4.42. The maximum absolute atomic E-state index is 8.90. The number of rotatable bonds is 7. The third kappa shape index (κ3) is 4.54. The summed E-state index contributed by atoms with van der Waals surface area (Å²) in [4.78, 5) is 8.99. The number of aromatic nitrogens is 4. The highest BCUT2D eigenvalue weighted by atomic mass is 35.5. The Bertz CT molecular complexity index is 1090. The summed E-state index contributed by atoms with van der Waals surface area (Å²) in [6, 6.07) is 17.0. The minimum Gasteiger partial charge on any atom is -0.475 e. The van der Waals surface area contributed by atoms with Gasteiger partial charge in [-0.05, 0) is 24.3 Å². The first-order valence-electron chi connectivity index (χ1n) is 9.09. The van der Waals surface area contributed by atoms with Crippen LogP contribution in [0, 0.1) is 0 Å². The Morgan fingerprint density at radius 3 is 2.79 bits per heavy atom. The summed E-state index contributed by atoms with van der Waals surface area (Å²) < 4.78 is 7.25. The van der Waals surface area contributed by atoms with Gasteiger partial charge in [-0.25, -0.2) is 9.67 Å². The molecule has 1 atom stereocenters. The lowest BCUT2D eigenvalue weighted by Crippen LogP contribution is -2.18. The van der Waals surface area contributed by atoms with Crippen molar-refractivity contribution in [1.82, 2.24) is 19.7 Å². The van der Waals surface area contributed by atoms with Crippen molar-refractivity contribution in [2.75, 3.05) is 13.2 Å². The molecule has 4 rings (SSSR count). The van der Waals surface area contributed by atoms with Gasteiger partial charge >= 0.3 is 0 Å². The zero-order valence-electron chi connectivity index (χ0n) is 15.7. The van der Waals surface area contributed by atoms with E-state index in [1.54, 1.807) is 12.3 Å². The fourth-order valence-electron chi connectivity index (χ4n) is 3.16. The van der Waals surface area contributed by atoms with Crippen LogP contribution in [-0.4, -0.2) is 38.1 Å². The van der Waals surface area contributed by atoms with Gasteiger partial charge < -0.3 is 15.6 Å². The number of hydrogen-bond acceptors (Lipinski definition) is 6. The molecule has 3 N–H and O–H groups in total. The Morgan fingerprint density at radius 1 is 1.07 bits per heavy atom. The Labute approximate surface area is 174 Å². The van der Waals surface area contributed by atoms with Crippen LogP contribution in [0.3, 0.4) is 0 Å². The highest BCUT2D eigenvalue weighted by Crippen LogP contribution is 2.24. The molecule has 150 valence electrons. The maximum Gasteiger partial charge on any atom is 0.213 e. The van der Waals surface area contributed by atoms with Crippen molar-refractivity contribution in [1.29, 1.82) is 0 Å². The highest BCUT2D eigenvalue weighted by Gasteiger charge is 2.17. The fraction of sp³-hybridized carbons (Fsp3) is 0.190. The number of hydrogen-bond donors (Lipinski definition) is 2. The molecule has 4 aromatic rings. The van der Waals surface area contributed by atoms with Crippen LogP contribution in [0.1, 0.15) is 17.4 Å². The third-order valence-electron chi connectivity index (χ3n) is 4.42. The van der Waals surface area contributed by atoms with Crippen molar-refractivity contribution >= 4 is 23.3 Å². The van der Waals surface area contributed by atoms with E-state index in [0.29, 0.717) is 12.3 Å².